The molecule has 0 N–H and O–H groups in total. The Morgan fingerprint density at radius 2 is 2.39 bits per heavy atom. The van der Waals surface area contributed by atoms with Crippen LogP contribution in [0.2, 0.25) is 0 Å². The average molecular weight is 327 g/mol. The van der Waals surface area contributed by atoms with Crippen LogP contribution in [0.3, 0.4) is 0 Å². The summed E-state index contributed by atoms with van der Waals surface area (Å²) in [6.45, 7) is 2.71. The molecule has 0 saturated carbocycles. The lowest BCUT2D eigenvalue weighted by Gasteiger charge is -2.15. The molecule has 2 heterocycles. The van der Waals surface area contributed by atoms with Gasteiger partial charge >= 0.3 is 0 Å². The predicted octanol–water partition coefficient (Wildman–Crippen LogP) is 2.91. The fourth-order valence-electron chi connectivity index (χ4n) is 1.72. The zero-order valence-electron chi connectivity index (χ0n) is 9.67. The van der Waals surface area contributed by atoms with Gasteiger partial charge in [0.15, 0.2) is 0 Å². The summed E-state index contributed by atoms with van der Waals surface area (Å²) in [6.07, 6.45) is 3.50. The van der Waals surface area contributed by atoms with E-state index in [0.29, 0.717) is 13.1 Å². The number of rotatable bonds is 5. The van der Waals surface area contributed by atoms with Gasteiger partial charge < -0.3 is 4.74 Å². The Bertz CT molecular complexity index is 544. The Hall–Kier alpha value is -1.27. The summed E-state index contributed by atoms with van der Waals surface area (Å²) in [5.41, 5.74) is 3.75. The highest BCUT2D eigenvalue weighted by Gasteiger charge is 2.19. The lowest BCUT2D eigenvalue weighted by Crippen LogP contribution is -2.09. The molecule has 0 aliphatic heterocycles. The standard InChI is InChI=1S/C12H11BrN2O2S/c1-8-12(18-6-15-8)11(5-17-7-16)9-2-10(13)4-14-3-9/h2-4,6-7,11H,5H2,1H3. The zero-order chi connectivity index (χ0) is 13.0. The van der Waals surface area contributed by atoms with Crippen molar-refractivity contribution in [2.24, 2.45) is 0 Å². The van der Waals surface area contributed by atoms with E-state index in [1.807, 2.05) is 13.0 Å². The van der Waals surface area contributed by atoms with Crippen molar-refractivity contribution >= 4 is 33.7 Å². The van der Waals surface area contributed by atoms with Crippen molar-refractivity contribution in [2.75, 3.05) is 6.61 Å². The van der Waals surface area contributed by atoms with Crippen molar-refractivity contribution in [3.8, 4) is 0 Å². The van der Waals surface area contributed by atoms with Crippen molar-refractivity contribution in [3.63, 3.8) is 0 Å². The Morgan fingerprint density at radius 1 is 1.56 bits per heavy atom. The molecule has 2 rings (SSSR count). The van der Waals surface area contributed by atoms with E-state index in [1.165, 1.54) is 0 Å². The normalized spacial score (nSPS) is 12.1. The molecule has 0 spiro atoms. The maximum atomic E-state index is 10.4. The molecule has 1 atom stereocenters. The summed E-state index contributed by atoms with van der Waals surface area (Å²) in [7, 11) is 0. The predicted molar refractivity (Wildman–Crippen MR) is 72.6 cm³/mol. The SMILES string of the molecule is Cc1ncsc1C(COC=O)c1cncc(Br)c1. The van der Waals surface area contributed by atoms with E-state index in [9.17, 15) is 4.79 Å². The van der Waals surface area contributed by atoms with Crippen LogP contribution in [0.25, 0.3) is 0 Å². The maximum absolute atomic E-state index is 10.4. The van der Waals surface area contributed by atoms with Gasteiger partial charge in [-0.3, -0.25) is 9.78 Å². The van der Waals surface area contributed by atoms with E-state index in [4.69, 9.17) is 4.74 Å². The summed E-state index contributed by atoms with van der Waals surface area (Å²) < 4.78 is 5.83. The van der Waals surface area contributed by atoms with Crippen LogP contribution in [0.1, 0.15) is 22.1 Å². The Kier molecular flexibility index (Phi) is 4.43. The van der Waals surface area contributed by atoms with Crippen LogP contribution in [0, 0.1) is 6.92 Å². The number of hydrogen-bond acceptors (Lipinski definition) is 5. The van der Waals surface area contributed by atoms with Gasteiger partial charge in [-0.2, -0.15) is 0 Å². The van der Waals surface area contributed by atoms with Gasteiger partial charge in [0.25, 0.3) is 6.47 Å². The summed E-state index contributed by atoms with van der Waals surface area (Å²) in [6, 6.07) is 1.98. The minimum absolute atomic E-state index is 0.0206. The second-order valence-electron chi connectivity index (χ2n) is 3.72. The number of ether oxygens (including phenoxy) is 1. The van der Waals surface area contributed by atoms with E-state index < -0.39 is 0 Å². The maximum Gasteiger partial charge on any atom is 0.293 e. The fraction of sp³-hybridized carbons (Fsp3) is 0.250. The van der Waals surface area contributed by atoms with Crippen LogP contribution in [0.15, 0.2) is 28.4 Å². The second kappa shape index (κ2) is 6.06. The quantitative estimate of drug-likeness (QED) is 0.793. The van der Waals surface area contributed by atoms with Crippen molar-refractivity contribution < 1.29 is 9.53 Å². The molecule has 0 aromatic carbocycles. The molecular weight excluding hydrogens is 316 g/mol. The number of aromatic nitrogens is 2. The summed E-state index contributed by atoms with van der Waals surface area (Å²) in [4.78, 5) is 19.9. The number of pyridine rings is 1. The lowest BCUT2D eigenvalue weighted by atomic mass is 9.99. The molecule has 2 aromatic heterocycles. The number of nitrogens with zero attached hydrogens (tertiary/aromatic N) is 2. The number of carbonyl (C=O) groups excluding carboxylic acids is 1. The summed E-state index contributed by atoms with van der Waals surface area (Å²) in [5, 5.41) is 0. The molecule has 94 valence electrons. The Balaban J connectivity index is 2.36. The highest BCUT2D eigenvalue weighted by molar-refractivity contribution is 9.10. The monoisotopic (exact) mass is 326 g/mol. The van der Waals surface area contributed by atoms with Crippen LogP contribution >= 0.6 is 27.3 Å². The smallest absolute Gasteiger partial charge is 0.293 e. The molecule has 4 nitrogen and oxygen atoms in total. The van der Waals surface area contributed by atoms with Crippen LogP contribution < -0.4 is 0 Å². The third-order valence-electron chi connectivity index (χ3n) is 2.56. The van der Waals surface area contributed by atoms with Gasteiger partial charge in [0, 0.05) is 21.7 Å². The van der Waals surface area contributed by atoms with E-state index in [2.05, 4.69) is 25.9 Å². The average Bonchev–Trinajstić information content (AvgIpc) is 2.77. The van der Waals surface area contributed by atoms with E-state index in [1.54, 1.807) is 29.2 Å². The molecule has 2 aromatic rings. The molecule has 0 amide bonds. The summed E-state index contributed by atoms with van der Waals surface area (Å²) >= 11 is 4.95. The van der Waals surface area contributed by atoms with Crippen molar-refractivity contribution in [2.45, 2.75) is 12.8 Å². The van der Waals surface area contributed by atoms with Crippen LogP contribution in [0.5, 0.6) is 0 Å². The van der Waals surface area contributed by atoms with E-state index in [0.717, 1.165) is 20.6 Å². The summed E-state index contributed by atoms with van der Waals surface area (Å²) in [5.74, 6) is -0.0206. The first-order chi connectivity index (χ1) is 8.72. The molecule has 0 bridgehead atoms. The van der Waals surface area contributed by atoms with Crippen molar-refractivity contribution in [1.82, 2.24) is 9.97 Å². The Labute approximate surface area is 117 Å². The van der Waals surface area contributed by atoms with Gasteiger partial charge in [-0.05, 0) is 34.5 Å². The molecule has 6 heteroatoms. The van der Waals surface area contributed by atoms with E-state index in [-0.39, 0.29) is 5.92 Å². The molecular formula is C12H11BrN2O2S. The highest BCUT2D eigenvalue weighted by Crippen LogP contribution is 2.31. The number of carbonyl (C=O) groups is 1. The molecule has 0 aliphatic rings. The van der Waals surface area contributed by atoms with Gasteiger partial charge in [-0.25, -0.2) is 4.98 Å². The molecule has 18 heavy (non-hydrogen) atoms. The molecule has 1 unspecified atom stereocenters. The minimum Gasteiger partial charge on any atom is -0.467 e. The molecule has 0 fully saturated rings. The minimum atomic E-state index is -0.0206. The number of halogens is 1. The van der Waals surface area contributed by atoms with E-state index >= 15 is 0 Å². The van der Waals surface area contributed by atoms with Crippen LogP contribution in [0.4, 0.5) is 0 Å². The molecule has 0 aliphatic carbocycles. The molecule has 0 saturated heterocycles. The number of aryl methyl sites for hydroxylation is 1. The third kappa shape index (κ3) is 2.94. The highest BCUT2D eigenvalue weighted by atomic mass is 79.9. The van der Waals surface area contributed by atoms with Crippen LogP contribution in [-0.4, -0.2) is 23.0 Å². The van der Waals surface area contributed by atoms with Crippen LogP contribution in [-0.2, 0) is 9.53 Å². The van der Waals surface area contributed by atoms with Gasteiger partial charge in [-0.15, -0.1) is 11.3 Å². The Morgan fingerprint density at radius 3 is 3.00 bits per heavy atom. The first-order valence-electron chi connectivity index (χ1n) is 5.28. The zero-order valence-corrected chi connectivity index (χ0v) is 12.1. The second-order valence-corrected chi connectivity index (χ2v) is 5.52. The largest absolute Gasteiger partial charge is 0.467 e. The van der Waals surface area contributed by atoms with Gasteiger partial charge in [0.05, 0.1) is 17.1 Å². The van der Waals surface area contributed by atoms with Crippen molar-refractivity contribution in [1.29, 1.82) is 0 Å². The van der Waals surface area contributed by atoms with Gasteiger partial charge in [-0.1, -0.05) is 0 Å². The first-order valence-corrected chi connectivity index (χ1v) is 6.95. The number of hydrogen-bond donors (Lipinski definition) is 0. The van der Waals surface area contributed by atoms with Gasteiger partial charge in [0.1, 0.15) is 6.61 Å². The first kappa shape index (κ1) is 13.2. The number of thiazole rings is 1. The third-order valence-corrected chi connectivity index (χ3v) is 4.04. The topological polar surface area (TPSA) is 52.1 Å². The molecule has 0 radical (unpaired) electrons. The fourth-order valence-corrected chi connectivity index (χ4v) is 3.02. The van der Waals surface area contributed by atoms with Gasteiger partial charge in [0.2, 0.25) is 0 Å². The lowest BCUT2D eigenvalue weighted by molar-refractivity contribution is -0.128. The van der Waals surface area contributed by atoms with Crippen molar-refractivity contribution in [3.05, 3.63) is 44.6 Å².